The van der Waals surface area contributed by atoms with Gasteiger partial charge in [-0.05, 0) is 24.6 Å². The molecule has 0 N–H and O–H groups in total. The zero-order valence-corrected chi connectivity index (χ0v) is 16.7. The summed E-state index contributed by atoms with van der Waals surface area (Å²) in [5.74, 6) is 2.41. The minimum atomic E-state index is -0.114. The van der Waals surface area contributed by atoms with Crippen LogP contribution in [0.4, 0.5) is 0 Å². The van der Waals surface area contributed by atoms with Crippen molar-refractivity contribution < 1.29 is 18.8 Å². The number of carbonyl (C=O) groups is 1. The van der Waals surface area contributed by atoms with E-state index in [2.05, 4.69) is 10.1 Å². The first-order chi connectivity index (χ1) is 14.1. The smallest absolute Gasteiger partial charge is 0.232 e. The molecule has 0 aliphatic carbocycles. The fourth-order valence-electron chi connectivity index (χ4n) is 3.61. The number of hydrogen-bond donors (Lipinski definition) is 0. The Morgan fingerprint density at radius 2 is 2.00 bits per heavy atom. The fraction of sp³-hybridized carbons (Fsp3) is 0.318. The predicted octanol–water partition coefficient (Wildman–Crippen LogP) is 3.58. The van der Waals surface area contributed by atoms with Crippen LogP contribution in [-0.4, -0.2) is 41.7 Å². The molecule has 1 saturated heterocycles. The molecule has 0 bridgehead atoms. The number of hydrogen-bond acceptors (Lipinski definition) is 6. The highest BCUT2D eigenvalue weighted by Crippen LogP contribution is 2.32. The number of carbonyl (C=O) groups excluding carboxylic acids is 1. The van der Waals surface area contributed by atoms with Gasteiger partial charge in [-0.25, -0.2) is 0 Å². The first-order valence-corrected chi connectivity index (χ1v) is 9.47. The lowest BCUT2D eigenvalue weighted by Crippen LogP contribution is -2.24. The van der Waals surface area contributed by atoms with E-state index in [-0.39, 0.29) is 11.8 Å². The number of nitrogens with zero attached hydrogens (tertiary/aromatic N) is 3. The van der Waals surface area contributed by atoms with E-state index in [1.54, 1.807) is 19.1 Å². The van der Waals surface area contributed by atoms with Gasteiger partial charge in [0.15, 0.2) is 0 Å². The summed E-state index contributed by atoms with van der Waals surface area (Å²) in [7, 11) is 3.22. The summed E-state index contributed by atoms with van der Waals surface area (Å²) in [6, 6.07) is 13.5. The van der Waals surface area contributed by atoms with Crippen molar-refractivity contribution in [2.75, 3.05) is 20.8 Å². The van der Waals surface area contributed by atoms with Crippen LogP contribution in [0, 0.1) is 6.92 Å². The topological polar surface area (TPSA) is 77.7 Å². The lowest BCUT2D eigenvalue weighted by molar-refractivity contribution is -0.128. The first-order valence-electron chi connectivity index (χ1n) is 9.47. The Hall–Kier alpha value is -3.35. The minimum Gasteiger partial charge on any atom is -0.497 e. The third kappa shape index (κ3) is 3.81. The summed E-state index contributed by atoms with van der Waals surface area (Å²) in [5, 5.41) is 4.12. The molecule has 0 saturated carbocycles. The normalized spacial score (nSPS) is 16.3. The van der Waals surface area contributed by atoms with Gasteiger partial charge in [0, 0.05) is 36.7 Å². The highest BCUT2D eigenvalue weighted by molar-refractivity contribution is 5.79. The molecule has 0 spiro atoms. The Balaban J connectivity index is 1.50. The molecule has 2 heterocycles. The van der Waals surface area contributed by atoms with Gasteiger partial charge in [0.1, 0.15) is 11.5 Å². The van der Waals surface area contributed by atoms with Crippen LogP contribution in [0.25, 0.3) is 11.4 Å². The number of ether oxygens (including phenoxy) is 2. The van der Waals surface area contributed by atoms with Crippen molar-refractivity contribution in [3.63, 3.8) is 0 Å². The second-order valence-electron chi connectivity index (χ2n) is 7.12. The van der Waals surface area contributed by atoms with Crippen LogP contribution >= 0.6 is 0 Å². The Bertz CT molecular complexity index is 1030. The number of likely N-dealkylation sites (tertiary alicyclic amines) is 1. The monoisotopic (exact) mass is 393 g/mol. The zero-order valence-electron chi connectivity index (χ0n) is 16.7. The van der Waals surface area contributed by atoms with Crippen molar-refractivity contribution >= 4 is 5.91 Å². The van der Waals surface area contributed by atoms with Crippen molar-refractivity contribution in [1.82, 2.24) is 15.0 Å². The van der Waals surface area contributed by atoms with Crippen LogP contribution < -0.4 is 9.47 Å². The van der Waals surface area contributed by atoms with Gasteiger partial charge in [0.25, 0.3) is 0 Å². The van der Waals surface area contributed by atoms with E-state index in [1.165, 1.54) is 0 Å². The second-order valence-corrected chi connectivity index (χ2v) is 7.12. The largest absolute Gasteiger partial charge is 0.497 e. The molecule has 1 amide bonds. The maximum Gasteiger partial charge on any atom is 0.232 e. The van der Waals surface area contributed by atoms with E-state index in [1.807, 2.05) is 49.4 Å². The average molecular weight is 393 g/mol. The van der Waals surface area contributed by atoms with E-state index in [0.29, 0.717) is 42.7 Å². The Labute approximate surface area is 169 Å². The van der Waals surface area contributed by atoms with Gasteiger partial charge in [0.2, 0.25) is 17.6 Å². The van der Waals surface area contributed by atoms with Crippen LogP contribution in [-0.2, 0) is 11.3 Å². The number of benzene rings is 2. The van der Waals surface area contributed by atoms with Gasteiger partial charge in [0.05, 0.1) is 20.1 Å². The van der Waals surface area contributed by atoms with Crippen molar-refractivity contribution in [3.8, 4) is 22.9 Å². The van der Waals surface area contributed by atoms with Crippen molar-refractivity contribution in [2.24, 2.45) is 0 Å². The van der Waals surface area contributed by atoms with Crippen LogP contribution in [0.5, 0.6) is 11.5 Å². The predicted molar refractivity (Wildman–Crippen MR) is 107 cm³/mol. The van der Waals surface area contributed by atoms with Gasteiger partial charge < -0.3 is 18.9 Å². The molecule has 7 heteroatoms. The average Bonchev–Trinajstić information content (AvgIpc) is 3.36. The van der Waals surface area contributed by atoms with Crippen molar-refractivity contribution in [2.45, 2.75) is 25.8 Å². The molecule has 1 unspecified atom stereocenters. The maximum atomic E-state index is 12.6. The molecule has 0 radical (unpaired) electrons. The van der Waals surface area contributed by atoms with E-state index < -0.39 is 0 Å². The molecule has 1 aliphatic rings. The molecular formula is C22H23N3O4. The molecule has 150 valence electrons. The van der Waals surface area contributed by atoms with Crippen molar-refractivity contribution in [3.05, 3.63) is 59.5 Å². The number of rotatable bonds is 6. The van der Waals surface area contributed by atoms with Crippen LogP contribution in [0.3, 0.4) is 0 Å². The van der Waals surface area contributed by atoms with Gasteiger partial charge in [-0.2, -0.15) is 4.98 Å². The zero-order chi connectivity index (χ0) is 20.4. The third-order valence-electron chi connectivity index (χ3n) is 5.25. The maximum absolute atomic E-state index is 12.6. The summed E-state index contributed by atoms with van der Waals surface area (Å²) >= 11 is 0. The second kappa shape index (κ2) is 7.95. The first kappa shape index (κ1) is 19.0. The molecule has 29 heavy (non-hydrogen) atoms. The van der Waals surface area contributed by atoms with Crippen molar-refractivity contribution in [1.29, 1.82) is 0 Å². The molecule has 1 atom stereocenters. The number of methoxy groups -OCH3 is 2. The molecule has 4 rings (SSSR count). The molecule has 3 aromatic rings. The van der Waals surface area contributed by atoms with Gasteiger partial charge in [-0.1, -0.05) is 29.4 Å². The molecule has 1 fully saturated rings. The molecule has 1 aromatic heterocycles. The summed E-state index contributed by atoms with van der Waals surface area (Å²) in [4.78, 5) is 18.9. The summed E-state index contributed by atoms with van der Waals surface area (Å²) in [5.41, 5.74) is 2.94. The highest BCUT2D eigenvalue weighted by atomic mass is 16.5. The van der Waals surface area contributed by atoms with Crippen LogP contribution in [0.15, 0.2) is 47.0 Å². The van der Waals surface area contributed by atoms with Gasteiger partial charge in [-0.15, -0.1) is 0 Å². The Kier molecular flexibility index (Phi) is 5.20. The Morgan fingerprint density at radius 3 is 2.76 bits per heavy atom. The quantitative estimate of drug-likeness (QED) is 0.637. The highest BCUT2D eigenvalue weighted by Gasteiger charge is 2.34. The summed E-state index contributed by atoms with van der Waals surface area (Å²) < 4.78 is 16.2. The molecular weight excluding hydrogens is 370 g/mol. The Morgan fingerprint density at radius 1 is 1.17 bits per heavy atom. The third-order valence-corrected chi connectivity index (χ3v) is 5.25. The van der Waals surface area contributed by atoms with E-state index in [0.717, 1.165) is 16.7 Å². The lowest BCUT2D eigenvalue weighted by atomic mass is 10.1. The van der Waals surface area contributed by atoms with E-state index >= 15 is 0 Å². The van der Waals surface area contributed by atoms with Gasteiger partial charge in [-0.3, -0.25) is 4.79 Å². The lowest BCUT2D eigenvalue weighted by Gasteiger charge is -2.18. The SMILES string of the molecule is COc1ccc(CN2CC(c3nc(-c4ccccc4C)no3)CC2=O)c(OC)c1. The molecule has 7 nitrogen and oxygen atoms in total. The van der Waals surface area contributed by atoms with Crippen LogP contribution in [0.2, 0.25) is 0 Å². The van der Waals surface area contributed by atoms with Gasteiger partial charge >= 0.3 is 0 Å². The molecule has 1 aliphatic heterocycles. The van der Waals surface area contributed by atoms with Crippen LogP contribution in [0.1, 0.15) is 29.4 Å². The van der Waals surface area contributed by atoms with E-state index in [4.69, 9.17) is 14.0 Å². The summed E-state index contributed by atoms with van der Waals surface area (Å²) in [6.45, 7) is 3.00. The number of amides is 1. The standard InChI is InChI=1S/C22H23N3O4/c1-14-6-4-5-7-18(14)21-23-22(29-24-21)16-10-20(26)25(13-16)12-15-8-9-17(27-2)11-19(15)28-3/h4-9,11,16H,10,12-13H2,1-3H3. The molecule has 2 aromatic carbocycles. The van der Waals surface area contributed by atoms with E-state index in [9.17, 15) is 4.79 Å². The number of aryl methyl sites for hydroxylation is 1. The summed E-state index contributed by atoms with van der Waals surface area (Å²) in [6.07, 6.45) is 0.355. The minimum absolute atomic E-state index is 0.0588. The number of aromatic nitrogens is 2. The fourth-order valence-corrected chi connectivity index (χ4v) is 3.61.